The highest BCUT2D eigenvalue weighted by atomic mass is 16.5. The summed E-state index contributed by atoms with van der Waals surface area (Å²) in [6, 6.07) is 9.88. The SMILES string of the molecule is C=CCN1C(=O)NC(=O)[C@@](Cc2ccc(OC)c(OC)c2)(CN2C[C@H]3C[C@H](C2)c2cccc(=O)n2C3)C1=O. The Labute approximate surface area is 220 Å². The van der Waals surface area contributed by atoms with Gasteiger partial charge in [0.1, 0.15) is 5.41 Å². The van der Waals surface area contributed by atoms with Crippen molar-refractivity contribution in [2.45, 2.75) is 25.3 Å². The maximum Gasteiger partial charge on any atom is 0.331 e. The first-order valence-electron chi connectivity index (χ1n) is 12.7. The highest BCUT2D eigenvalue weighted by Gasteiger charge is 2.55. The standard InChI is InChI=1S/C28H32N4O6/c1-4-10-31-26(35)28(25(34)29-27(31)36,13-18-8-9-22(37-2)23(12-18)38-3)17-30-14-19-11-20(16-30)21-6-5-7-24(33)32(21)15-19/h4-9,12,19-20H,1,10-11,13-17H2,2-3H3,(H,29,34,36)/t19-,20-,28-/m1/s1. The second kappa shape index (κ2) is 10.1. The molecule has 5 rings (SSSR count). The molecular formula is C28H32N4O6. The van der Waals surface area contributed by atoms with Gasteiger partial charge in [0.2, 0.25) is 11.8 Å². The van der Waals surface area contributed by atoms with E-state index in [9.17, 15) is 19.2 Å². The number of hydrogen-bond acceptors (Lipinski definition) is 7. The van der Waals surface area contributed by atoms with Crippen molar-refractivity contribution in [3.05, 3.63) is 70.7 Å². The monoisotopic (exact) mass is 520 g/mol. The molecule has 2 aromatic rings. The summed E-state index contributed by atoms with van der Waals surface area (Å²) in [6.07, 6.45) is 2.49. The van der Waals surface area contributed by atoms with Crippen LogP contribution in [0.15, 0.2) is 53.8 Å². The summed E-state index contributed by atoms with van der Waals surface area (Å²) < 4.78 is 12.6. The minimum atomic E-state index is -1.54. The largest absolute Gasteiger partial charge is 0.493 e. The quantitative estimate of drug-likeness (QED) is 0.417. The van der Waals surface area contributed by atoms with Crippen LogP contribution in [-0.4, -0.2) is 72.6 Å². The van der Waals surface area contributed by atoms with E-state index in [2.05, 4.69) is 16.8 Å². The number of barbiturate groups is 1. The molecule has 2 saturated heterocycles. The zero-order valence-corrected chi connectivity index (χ0v) is 21.6. The van der Waals surface area contributed by atoms with Crippen molar-refractivity contribution < 1.29 is 23.9 Å². The average molecular weight is 521 g/mol. The first-order chi connectivity index (χ1) is 18.3. The van der Waals surface area contributed by atoms with Gasteiger partial charge < -0.3 is 18.9 Å². The molecule has 2 fully saturated rings. The fourth-order valence-corrected chi connectivity index (χ4v) is 6.22. The van der Waals surface area contributed by atoms with Gasteiger partial charge in [0, 0.05) is 50.4 Å². The van der Waals surface area contributed by atoms with Crippen molar-refractivity contribution in [2.75, 3.05) is 40.4 Å². The number of urea groups is 1. The number of imide groups is 2. The molecule has 2 bridgehead atoms. The summed E-state index contributed by atoms with van der Waals surface area (Å²) in [7, 11) is 3.06. The van der Waals surface area contributed by atoms with Crippen molar-refractivity contribution in [1.82, 2.24) is 19.7 Å². The molecular weight excluding hydrogens is 488 g/mol. The lowest BCUT2D eigenvalue weighted by molar-refractivity contribution is -0.153. The predicted molar refractivity (Wildman–Crippen MR) is 139 cm³/mol. The Morgan fingerprint density at radius 3 is 2.58 bits per heavy atom. The van der Waals surface area contributed by atoms with E-state index < -0.39 is 23.3 Å². The minimum absolute atomic E-state index is 0.00371. The van der Waals surface area contributed by atoms with Crippen LogP contribution in [0.3, 0.4) is 0 Å². The van der Waals surface area contributed by atoms with Crippen molar-refractivity contribution in [3.63, 3.8) is 0 Å². The molecule has 4 heterocycles. The van der Waals surface area contributed by atoms with E-state index in [1.54, 1.807) is 30.3 Å². The van der Waals surface area contributed by atoms with Crippen LogP contribution >= 0.6 is 0 Å². The molecule has 1 N–H and O–H groups in total. The highest BCUT2D eigenvalue weighted by molar-refractivity contribution is 6.19. The number of nitrogens with zero attached hydrogens (tertiary/aromatic N) is 3. The van der Waals surface area contributed by atoms with Gasteiger partial charge in [-0.15, -0.1) is 6.58 Å². The van der Waals surface area contributed by atoms with Crippen LogP contribution in [0.5, 0.6) is 11.5 Å². The molecule has 0 spiro atoms. The number of likely N-dealkylation sites (tertiary alicyclic amines) is 1. The smallest absolute Gasteiger partial charge is 0.331 e. The van der Waals surface area contributed by atoms with Crippen LogP contribution in [0.4, 0.5) is 4.79 Å². The topological polar surface area (TPSA) is 110 Å². The number of rotatable bonds is 8. The number of hydrogen-bond donors (Lipinski definition) is 1. The Bertz CT molecular complexity index is 1350. The molecule has 0 aliphatic carbocycles. The van der Waals surface area contributed by atoms with Gasteiger partial charge in [-0.3, -0.25) is 24.6 Å². The molecule has 3 aliphatic heterocycles. The molecule has 10 nitrogen and oxygen atoms in total. The maximum absolute atomic E-state index is 14.0. The van der Waals surface area contributed by atoms with E-state index >= 15 is 0 Å². The zero-order chi connectivity index (χ0) is 27.0. The van der Waals surface area contributed by atoms with E-state index in [1.807, 2.05) is 10.6 Å². The normalized spacial score (nSPS) is 25.0. The van der Waals surface area contributed by atoms with E-state index in [1.165, 1.54) is 20.3 Å². The lowest BCUT2D eigenvalue weighted by Crippen LogP contribution is -2.68. The highest BCUT2D eigenvalue weighted by Crippen LogP contribution is 2.39. The van der Waals surface area contributed by atoms with Crippen LogP contribution in [0, 0.1) is 11.3 Å². The van der Waals surface area contributed by atoms with Crippen molar-refractivity contribution in [1.29, 1.82) is 0 Å². The van der Waals surface area contributed by atoms with Gasteiger partial charge in [0.15, 0.2) is 11.5 Å². The number of aromatic nitrogens is 1. The number of carbonyl (C=O) groups is 3. The molecule has 200 valence electrons. The maximum atomic E-state index is 14.0. The van der Waals surface area contributed by atoms with Gasteiger partial charge in [-0.1, -0.05) is 18.2 Å². The third kappa shape index (κ3) is 4.38. The fraction of sp³-hybridized carbons (Fsp3) is 0.429. The summed E-state index contributed by atoms with van der Waals surface area (Å²) in [5.41, 5.74) is 0.137. The number of nitrogens with one attached hydrogen (secondary N) is 1. The predicted octanol–water partition coefficient (Wildman–Crippen LogP) is 1.78. The van der Waals surface area contributed by atoms with Crippen molar-refractivity contribution >= 4 is 17.8 Å². The average Bonchev–Trinajstić information content (AvgIpc) is 2.90. The van der Waals surface area contributed by atoms with Gasteiger partial charge in [-0.05, 0) is 42.5 Å². The Hall–Kier alpha value is -3.92. The number of piperidine rings is 1. The molecule has 4 amide bonds. The number of amides is 4. The molecule has 1 aromatic carbocycles. The van der Waals surface area contributed by atoms with E-state index in [0.29, 0.717) is 36.7 Å². The molecule has 1 aromatic heterocycles. The van der Waals surface area contributed by atoms with Gasteiger partial charge in [-0.2, -0.15) is 0 Å². The lowest BCUT2D eigenvalue weighted by Gasteiger charge is -2.47. The van der Waals surface area contributed by atoms with Gasteiger partial charge in [-0.25, -0.2) is 4.79 Å². The first-order valence-corrected chi connectivity index (χ1v) is 12.7. The zero-order valence-electron chi connectivity index (χ0n) is 21.6. The Morgan fingerprint density at radius 1 is 1.05 bits per heavy atom. The molecule has 10 heteroatoms. The van der Waals surface area contributed by atoms with E-state index in [-0.39, 0.29) is 36.9 Å². The van der Waals surface area contributed by atoms with Crippen LogP contribution in [0.25, 0.3) is 0 Å². The first kappa shape index (κ1) is 25.7. The molecule has 3 atom stereocenters. The van der Waals surface area contributed by atoms with Crippen molar-refractivity contribution in [2.24, 2.45) is 11.3 Å². The number of fused-ring (bicyclic) bond motifs is 4. The molecule has 0 saturated carbocycles. The van der Waals surface area contributed by atoms with Gasteiger partial charge in [0.25, 0.3) is 5.56 Å². The van der Waals surface area contributed by atoms with Crippen LogP contribution in [0.1, 0.15) is 23.6 Å². The van der Waals surface area contributed by atoms with Gasteiger partial charge in [0.05, 0.1) is 14.2 Å². The third-order valence-corrected chi connectivity index (χ3v) is 7.87. The van der Waals surface area contributed by atoms with E-state index in [0.717, 1.165) is 17.0 Å². The summed E-state index contributed by atoms with van der Waals surface area (Å²) >= 11 is 0. The second-order valence-corrected chi connectivity index (χ2v) is 10.3. The molecule has 0 radical (unpaired) electrons. The van der Waals surface area contributed by atoms with Crippen LogP contribution < -0.4 is 20.3 Å². The third-order valence-electron chi connectivity index (χ3n) is 7.87. The number of pyridine rings is 1. The Morgan fingerprint density at radius 2 is 1.84 bits per heavy atom. The molecule has 38 heavy (non-hydrogen) atoms. The van der Waals surface area contributed by atoms with Crippen LogP contribution in [-0.2, 0) is 22.6 Å². The number of ether oxygens (including phenoxy) is 2. The van der Waals surface area contributed by atoms with Crippen LogP contribution in [0.2, 0.25) is 0 Å². The van der Waals surface area contributed by atoms with Crippen molar-refractivity contribution in [3.8, 4) is 11.5 Å². The van der Waals surface area contributed by atoms with E-state index in [4.69, 9.17) is 9.47 Å². The number of benzene rings is 1. The lowest BCUT2D eigenvalue weighted by atomic mass is 9.75. The molecule has 3 aliphatic rings. The Balaban J connectivity index is 1.51. The molecule has 0 unspecified atom stereocenters. The number of methoxy groups -OCH3 is 2. The summed E-state index contributed by atoms with van der Waals surface area (Å²) in [5.74, 6) is 0.181. The minimum Gasteiger partial charge on any atom is -0.493 e. The fourth-order valence-electron chi connectivity index (χ4n) is 6.22. The summed E-state index contributed by atoms with van der Waals surface area (Å²) in [4.78, 5) is 55.8. The number of carbonyl (C=O) groups excluding carboxylic acids is 3. The second-order valence-electron chi connectivity index (χ2n) is 10.3. The Kier molecular flexibility index (Phi) is 6.83. The van der Waals surface area contributed by atoms with Gasteiger partial charge >= 0.3 is 6.03 Å². The summed E-state index contributed by atoms with van der Waals surface area (Å²) in [6.45, 7) is 5.64. The summed E-state index contributed by atoms with van der Waals surface area (Å²) in [5, 5.41) is 2.42.